The first kappa shape index (κ1) is 10.3. The zero-order valence-electron chi connectivity index (χ0n) is 8.25. The first-order chi connectivity index (χ1) is 6.33. The van der Waals surface area contributed by atoms with Crippen LogP contribution in [-0.4, -0.2) is 18.6 Å². The number of hydrogen-bond acceptors (Lipinski definition) is 2. The highest BCUT2D eigenvalue weighted by Crippen LogP contribution is 2.19. The van der Waals surface area contributed by atoms with Crippen molar-refractivity contribution >= 4 is 5.96 Å². The van der Waals surface area contributed by atoms with Gasteiger partial charge in [-0.25, -0.2) is 10.5 Å². The first-order valence-corrected chi connectivity index (χ1v) is 5.04. The molecule has 0 aliphatic heterocycles. The van der Waals surface area contributed by atoms with E-state index in [0.29, 0.717) is 18.6 Å². The van der Waals surface area contributed by atoms with Gasteiger partial charge in [0.1, 0.15) is 0 Å². The number of nitrogens with zero attached hydrogens (tertiary/aromatic N) is 1. The van der Waals surface area contributed by atoms with Crippen molar-refractivity contribution < 1.29 is 4.84 Å². The molecule has 1 aliphatic carbocycles. The third-order valence-electron chi connectivity index (χ3n) is 2.22. The summed E-state index contributed by atoms with van der Waals surface area (Å²) in [5.41, 5.74) is 8.21. The molecule has 4 nitrogen and oxygen atoms in total. The lowest BCUT2D eigenvalue weighted by molar-refractivity contribution is 0.0954. The van der Waals surface area contributed by atoms with Crippen LogP contribution in [0.15, 0.2) is 4.99 Å². The molecule has 0 amide bonds. The average Bonchev–Trinajstić information content (AvgIpc) is 2.16. The molecule has 1 aliphatic rings. The summed E-state index contributed by atoms with van der Waals surface area (Å²) in [6, 6.07) is 0.404. The summed E-state index contributed by atoms with van der Waals surface area (Å²) < 4.78 is 0. The SMILES string of the molecule is CCONC(N)=NC1CCCCC1. The van der Waals surface area contributed by atoms with Crippen LogP contribution in [0.2, 0.25) is 0 Å². The smallest absolute Gasteiger partial charge is 0.213 e. The number of hydroxylamine groups is 1. The van der Waals surface area contributed by atoms with Crippen LogP contribution in [0.4, 0.5) is 0 Å². The van der Waals surface area contributed by atoms with Gasteiger partial charge in [-0.05, 0) is 19.8 Å². The van der Waals surface area contributed by atoms with Crippen molar-refractivity contribution in [2.75, 3.05) is 6.61 Å². The van der Waals surface area contributed by atoms with Crippen molar-refractivity contribution in [2.24, 2.45) is 10.7 Å². The summed E-state index contributed by atoms with van der Waals surface area (Å²) in [7, 11) is 0. The molecule has 0 aromatic rings. The minimum absolute atomic E-state index is 0.404. The maximum absolute atomic E-state index is 5.60. The fourth-order valence-corrected chi connectivity index (χ4v) is 1.58. The van der Waals surface area contributed by atoms with Gasteiger partial charge in [-0.1, -0.05) is 19.3 Å². The summed E-state index contributed by atoms with van der Waals surface area (Å²) in [6.45, 7) is 2.50. The Morgan fingerprint density at radius 2 is 2.15 bits per heavy atom. The molecule has 0 radical (unpaired) electrons. The van der Waals surface area contributed by atoms with Gasteiger partial charge in [-0.3, -0.25) is 4.84 Å². The van der Waals surface area contributed by atoms with Crippen LogP contribution in [0.5, 0.6) is 0 Å². The molecule has 0 saturated heterocycles. The van der Waals surface area contributed by atoms with E-state index in [4.69, 9.17) is 10.6 Å². The van der Waals surface area contributed by atoms with E-state index in [9.17, 15) is 0 Å². The highest BCUT2D eigenvalue weighted by Gasteiger charge is 2.11. The zero-order valence-corrected chi connectivity index (χ0v) is 8.25. The van der Waals surface area contributed by atoms with Crippen molar-refractivity contribution in [3.8, 4) is 0 Å². The van der Waals surface area contributed by atoms with Gasteiger partial charge in [0.15, 0.2) is 0 Å². The molecule has 1 rings (SSSR count). The number of rotatable bonds is 3. The maximum atomic E-state index is 5.60. The van der Waals surface area contributed by atoms with Gasteiger partial charge < -0.3 is 5.73 Å². The minimum atomic E-state index is 0.404. The molecule has 0 bridgehead atoms. The van der Waals surface area contributed by atoms with Crippen molar-refractivity contribution in [1.82, 2.24) is 5.48 Å². The third-order valence-corrected chi connectivity index (χ3v) is 2.22. The maximum Gasteiger partial charge on any atom is 0.213 e. The number of hydrogen-bond donors (Lipinski definition) is 2. The Bertz CT molecular complexity index is 164. The molecule has 0 aromatic carbocycles. The summed E-state index contributed by atoms with van der Waals surface area (Å²) in [6.07, 6.45) is 6.21. The molecule has 3 N–H and O–H groups in total. The van der Waals surface area contributed by atoms with Crippen LogP contribution < -0.4 is 11.2 Å². The molecule has 0 atom stereocenters. The quantitative estimate of drug-likeness (QED) is 0.394. The monoisotopic (exact) mass is 185 g/mol. The van der Waals surface area contributed by atoms with E-state index in [1.54, 1.807) is 0 Å². The van der Waals surface area contributed by atoms with Gasteiger partial charge in [0.25, 0.3) is 0 Å². The molecule has 1 fully saturated rings. The Hall–Kier alpha value is -0.770. The van der Waals surface area contributed by atoms with E-state index in [0.717, 1.165) is 12.8 Å². The molecule has 0 unspecified atom stereocenters. The second kappa shape index (κ2) is 5.80. The molecule has 4 heteroatoms. The molecule has 76 valence electrons. The molecule has 1 saturated carbocycles. The van der Waals surface area contributed by atoms with Crippen molar-refractivity contribution in [2.45, 2.75) is 45.1 Å². The minimum Gasteiger partial charge on any atom is -0.368 e. The summed E-state index contributed by atoms with van der Waals surface area (Å²) >= 11 is 0. The number of aliphatic imine (C=N–C) groups is 1. The van der Waals surface area contributed by atoms with E-state index in [1.807, 2.05) is 6.92 Å². The van der Waals surface area contributed by atoms with E-state index in [-0.39, 0.29) is 0 Å². The summed E-state index contributed by atoms with van der Waals surface area (Å²) in [4.78, 5) is 9.26. The largest absolute Gasteiger partial charge is 0.368 e. The lowest BCUT2D eigenvalue weighted by atomic mass is 9.96. The number of nitrogens with one attached hydrogen (secondary N) is 1. The molecular weight excluding hydrogens is 166 g/mol. The Balaban J connectivity index is 2.25. The highest BCUT2D eigenvalue weighted by atomic mass is 16.6. The normalized spacial score (nSPS) is 20.2. The average molecular weight is 185 g/mol. The molecule has 0 spiro atoms. The second-order valence-corrected chi connectivity index (χ2v) is 3.34. The van der Waals surface area contributed by atoms with Crippen molar-refractivity contribution in [1.29, 1.82) is 0 Å². The number of guanidine groups is 1. The van der Waals surface area contributed by atoms with Crippen LogP contribution >= 0.6 is 0 Å². The fourth-order valence-electron chi connectivity index (χ4n) is 1.58. The molecule has 13 heavy (non-hydrogen) atoms. The number of nitrogens with two attached hydrogens (primary N) is 1. The van der Waals surface area contributed by atoms with Gasteiger partial charge in [0, 0.05) is 0 Å². The van der Waals surface area contributed by atoms with Crippen molar-refractivity contribution in [3.05, 3.63) is 0 Å². The molecular formula is C9H19N3O. The van der Waals surface area contributed by atoms with Gasteiger partial charge in [-0.15, -0.1) is 0 Å². The van der Waals surface area contributed by atoms with Gasteiger partial charge in [0.05, 0.1) is 12.6 Å². The topological polar surface area (TPSA) is 59.6 Å². The van der Waals surface area contributed by atoms with Gasteiger partial charge in [0.2, 0.25) is 5.96 Å². The second-order valence-electron chi connectivity index (χ2n) is 3.34. The van der Waals surface area contributed by atoms with Crippen LogP contribution in [0, 0.1) is 0 Å². The fraction of sp³-hybridized carbons (Fsp3) is 0.889. The van der Waals surface area contributed by atoms with E-state index in [1.165, 1.54) is 19.3 Å². The van der Waals surface area contributed by atoms with E-state index < -0.39 is 0 Å². The zero-order chi connectivity index (χ0) is 9.52. The predicted molar refractivity (Wildman–Crippen MR) is 53.3 cm³/mol. The van der Waals surface area contributed by atoms with Gasteiger partial charge >= 0.3 is 0 Å². The Morgan fingerprint density at radius 1 is 1.46 bits per heavy atom. The van der Waals surface area contributed by atoms with Crippen LogP contribution in [-0.2, 0) is 4.84 Å². The van der Waals surface area contributed by atoms with Crippen LogP contribution in [0.25, 0.3) is 0 Å². The van der Waals surface area contributed by atoms with E-state index >= 15 is 0 Å². The standard InChI is InChI=1S/C9H19N3O/c1-2-13-12-9(10)11-8-6-4-3-5-7-8/h8H,2-7H2,1H3,(H3,10,11,12). The lowest BCUT2D eigenvalue weighted by Crippen LogP contribution is -2.33. The van der Waals surface area contributed by atoms with Crippen LogP contribution in [0.3, 0.4) is 0 Å². The Kier molecular flexibility index (Phi) is 4.60. The molecule has 0 aromatic heterocycles. The highest BCUT2D eigenvalue weighted by molar-refractivity contribution is 5.76. The predicted octanol–water partition coefficient (Wildman–Crippen LogP) is 1.17. The molecule has 0 heterocycles. The summed E-state index contributed by atoms with van der Waals surface area (Å²) in [5, 5.41) is 0. The Morgan fingerprint density at radius 3 is 2.77 bits per heavy atom. The van der Waals surface area contributed by atoms with Gasteiger partial charge in [-0.2, -0.15) is 0 Å². The first-order valence-electron chi connectivity index (χ1n) is 5.04. The third kappa shape index (κ3) is 4.12. The van der Waals surface area contributed by atoms with Crippen LogP contribution in [0.1, 0.15) is 39.0 Å². The van der Waals surface area contributed by atoms with Crippen molar-refractivity contribution in [3.63, 3.8) is 0 Å². The lowest BCUT2D eigenvalue weighted by Gasteiger charge is -2.18. The van der Waals surface area contributed by atoms with E-state index in [2.05, 4.69) is 10.5 Å². The Labute approximate surface area is 79.5 Å². The summed E-state index contributed by atoms with van der Waals surface area (Å²) in [5.74, 6) is 0.411.